The third-order valence-corrected chi connectivity index (χ3v) is 5.54. The molecule has 0 unspecified atom stereocenters. The van der Waals surface area contributed by atoms with E-state index in [1.165, 1.54) is 12.3 Å². The Bertz CT molecular complexity index is 1510. The van der Waals surface area contributed by atoms with E-state index < -0.39 is 11.8 Å². The van der Waals surface area contributed by atoms with Crippen molar-refractivity contribution in [2.45, 2.75) is 0 Å². The van der Waals surface area contributed by atoms with E-state index in [9.17, 15) is 14.7 Å². The van der Waals surface area contributed by atoms with E-state index in [1.807, 2.05) is 24.3 Å². The summed E-state index contributed by atoms with van der Waals surface area (Å²) in [5.41, 5.74) is 3.88. The minimum atomic E-state index is -0.645. The Hall–Kier alpha value is -5.11. The number of aromatic hydroxyl groups is 1. The summed E-state index contributed by atoms with van der Waals surface area (Å²) in [6.45, 7) is 0.121. The highest BCUT2D eigenvalue weighted by atomic mass is 16.7. The summed E-state index contributed by atoms with van der Waals surface area (Å²) >= 11 is 0. The van der Waals surface area contributed by atoms with Gasteiger partial charge in [-0.05, 0) is 52.7 Å². The molecule has 1 heterocycles. The second kappa shape index (κ2) is 10.0. The van der Waals surface area contributed by atoms with Gasteiger partial charge in [-0.3, -0.25) is 9.59 Å². The van der Waals surface area contributed by atoms with Gasteiger partial charge in [-0.25, -0.2) is 5.43 Å². The number of phenols is 1. The van der Waals surface area contributed by atoms with E-state index in [-0.39, 0.29) is 18.2 Å². The van der Waals surface area contributed by atoms with E-state index in [0.717, 1.165) is 10.8 Å². The van der Waals surface area contributed by atoms with Gasteiger partial charge >= 0.3 is 0 Å². The number of nitrogens with one attached hydrogen (secondary N) is 2. The minimum Gasteiger partial charge on any atom is -0.507 e. The van der Waals surface area contributed by atoms with Crippen LogP contribution >= 0.6 is 0 Å². The Morgan fingerprint density at radius 2 is 1.67 bits per heavy atom. The first-order valence-electron chi connectivity index (χ1n) is 11.1. The number of carbonyl (C=O) groups is 2. The van der Waals surface area contributed by atoms with Gasteiger partial charge in [0.1, 0.15) is 11.4 Å². The lowest BCUT2D eigenvalue weighted by molar-refractivity contribution is -0.117. The molecular weight excluding hydrogens is 458 g/mol. The van der Waals surface area contributed by atoms with Crippen molar-refractivity contribution < 1.29 is 24.2 Å². The summed E-state index contributed by atoms with van der Waals surface area (Å²) in [5, 5.41) is 18.7. The number of hydrogen-bond donors (Lipinski definition) is 3. The molecule has 0 saturated carbocycles. The highest BCUT2D eigenvalue weighted by Crippen LogP contribution is 2.33. The molecule has 1 aliphatic rings. The Morgan fingerprint density at radius 1 is 0.889 bits per heavy atom. The summed E-state index contributed by atoms with van der Waals surface area (Å²) in [6, 6.07) is 24.6. The standard InChI is InChI=1S/C28H21N3O5/c32-24-12-11-19-6-4-5-9-21(19)22(24)16-29-31-28(34)23(30-27(33)20-7-2-1-3-8-20)14-18-10-13-25-26(15-18)36-17-35-25/h1-16,32H,17H2,(H,30,33)(H,31,34)/b23-14?,29-16+. The van der Waals surface area contributed by atoms with Crippen molar-refractivity contribution in [3.05, 3.63) is 107 Å². The summed E-state index contributed by atoms with van der Waals surface area (Å²) in [6.07, 6.45) is 2.88. The summed E-state index contributed by atoms with van der Waals surface area (Å²) in [4.78, 5) is 25.8. The summed E-state index contributed by atoms with van der Waals surface area (Å²) < 4.78 is 10.7. The van der Waals surface area contributed by atoms with Crippen LogP contribution in [0.4, 0.5) is 0 Å². The van der Waals surface area contributed by atoms with Crippen molar-refractivity contribution in [3.63, 3.8) is 0 Å². The molecule has 2 amide bonds. The number of carbonyl (C=O) groups excluding carboxylic acids is 2. The van der Waals surface area contributed by atoms with Gasteiger partial charge in [0.2, 0.25) is 6.79 Å². The Morgan fingerprint density at radius 3 is 2.53 bits per heavy atom. The van der Waals surface area contributed by atoms with E-state index in [2.05, 4.69) is 15.8 Å². The molecule has 4 aromatic carbocycles. The Kier molecular flexibility index (Phi) is 6.31. The number of benzene rings is 4. The predicted molar refractivity (Wildman–Crippen MR) is 136 cm³/mol. The Balaban J connectivity index is 1.41. The zero-order valence-electron chi connectivity index (χ0n) is 19.0. The SMILES string of the molecule is O=C(N/N=C/c1c(O)ccc2ccccc12)C(=Cc1ccc2c(c1)OCO2)NC(=O)c1ccccc1. The van der Waals surface area contributed by atoms with Gasteiger partial charge in [0, 0.05) is 11.1 Å². The van der Waals surface area contributed by atoms with Gasteiger partial charge in [0.25, 0.3) is 11.8 Å². The van der Waals surface area contributed by atoms with Crippen LogP contribution in [0.3, 0.4) is 0 Å². The van der Waals surface area contributed by atoms with E-state index in [0.29, 0.717) is 28.2 Å². The van der Waals surface area contributed by atoms with Crippen LogP contribution in [0.2, 0.25) is 0 Å². The van der Waals surface area contributed by atoms with Gasteiger partial charge in [-0.15, -0.1) is 0 Å². The predicted octanol–water partition coefficient (Wildman–Crippen LogP) is 4.20. The average Bonchev–Trinajstić information content (AvgIpc) is 3.38. The Labute approximate surface area is 206 Å². The number of nitrogens with zero attached hydrogens (tertiary/aromatic N) is 1. The summed E-state index contributed by atoms with van der Waals surface area (Å²) in [5.74, 6) is 0.0786. The van der Waals surface area contributed by atoms with Crippen LogP contribution in [-0.4, -0.2) is 29.9 Å². The third kappa shape index (κ3) is 4.88. The molecule has 0 radical (unpaired) electrons. The van der Waals surface area contributed by atoms with Crippen molar-refractivity contribution in [2.75, 3.05) is 6.79 Å². The monoisotopic (exact) mass is 479 g/mol. The number of hydrogen-bond acceptors (Lipinski definition) is 6. The molecular formula is C28H21N3O5. The van der Waals surface area contributed by atoms with Gasteiger partial charge < -0.3 is 19.9 Å². The first-order valence-corrected chi connectivity index (χ1v) is 11.1. The molecule has 0 spiro atoms. The van der Waals surface area contributed by atoms with Crippen molar-refractivity contribution >= 4 is 34.9 Å². The maximum Gasteiger partial charge on any atom is 0.287 e. The summed E-state index contributed by atoms with van der Waals surface area (Å²) in [7, 11) is 0. The number of rotatable bonds is 6. The molecule has 8 heteroatoms. The second-order valence-electron chi connectivity index (χ2n) is 7.91. The normalized spacial score (nSPS) is 12.6. The number of amides is 2. The molecule has 1 aliphatic heterocycles. The molecule has 36 heavy (non-hydrogen) atoms. The van der Waals surface area contributed by atoms with E-state index >= 15 is 0 Å². The maximum atomic E-state index is 13.1. The lowest BCUT2D eigenvalue weighted by Gasteiger charge is -2.10. The van der Waals surface area contributed by atoms with Crippen LogP contribution < -0.4 is 20.2 Å². The zero-order chi connectivity index (χ0) is 24.9. The fourth-order valence-corrected chi connectivity index (χ4v) is 3.75. The molecule has 0 aromatic heterocycles. The lowest BCUT2D eigenvalue weighted by Crippen LogP contribution is -2.32. The molecule has 178 valence electrons. The van der Waals surface area contributed by atoms with Gasteiger partial charge in [-0.2, -0.15) is 5.10 Å². The topological polar surface area (TPSA) is 109 Å². The molecule has 3 N–H and O–H groups in total. The fourth-order valence-electron chi connectivity index (χ4n) is 3.75. The smallest absolute Gasteiger partial charge is 0.287 e. The number of hydrazone groups is 1. The van der Waals surface area contributed by atoms with Crippen LogP contribution in [0.15, 0.2) is 95.7 Å². The quantitative estimate of drug-likeness (QED) is 0.218. The minimum absolute atomic E-state index is 0.0259. The van der Waals surface area contributed by atoms with E-state index in [4.69, 9.17) is 9.47 Å². The third-order valence-electron chi connectivity index (χ3n) is 5.54. The molecule has 0 saturated heterocycles. The van der Waals surface area contributed by atoms with Gasteiger partial charge in [-0.1, -0.05) is 54.6 Å². The van der Waals surface area contributed by atoms with Crippen molar-refractivity contribution in [3.8, 4) is 17.2 Å². The van der Waals surface area contributed by atoms with Crippen LogP contribution in [0.5, 0.6) is 17.2 Å². The molecule has 5 rings (SSSR count). The lowest BCUT2D eigenvalue weighted by atomic mass is 10.0. The van der Waals surface area contributed by atoms with Crippen molar-refractivity contribution in [1.82, 2.24) is 10.7 Å². The zero-order valence-corrected chi connectivity index (χ0v) is 19.0. The number of phenolic OH excluding ortho intramolecular Hbond substituents is 1. The van der Waals surface area contributed by atoms with Crippen molar-refractivity contribution in [2.24, 2.45) is 5.10 Å². The maximum absolute atomic E-state index is 13.1. The molecule has 0 fully saturated rings. The number of fused-ring (bicyclic) bond motifs is 2. The van der Waals surface area contributed by atoms with Gasteiger partial charge in [0.05, 0.1) is 6.21 Å². The van der Waals surface area contributed by atoms with Crippen LogP contribution in [-0.2, 0) is 4.79 Å². The highest BCUT2D eigenvalue weighted by molar-refractivity contribution is 6.06. The molecule has 0 atom stereocenters. The highest BCUT2D eigenvalue weighted by Gasteiger charge is 2.17. The largest absolute Gasteiger partial charge is 0.507 e. The van der Waals surface area contributed by atoms with E-state index in [1.54, 1.807) is 60.7 Å². The van der Waals surface area contributed by atoms with Crippen LogP contribution in [0.25, 0.3) is 16.8 Å². The first kappa shape index (κ1) is 22.7. The molecule has 8 nitrogen and oxygen atoms in total. The molecule has 0 aliphatic carbocycles. The fraction of sp³-hybridized carbons (Fsp3) is 0.0357. The van der Waals surface area contributed by atoms with Crippen molar-refractivity contribution in [1.29, 1.82) is 0 Å². The van der Waals surface area contributed by atoms with Gasteiger partial charge in [0.15, 0.2) is 11.5 Å². The molecule has 4 aromatic rings. The second-order valence-corrected chi connectivity index (χ2v) is 7.91. The molecule has 0 bridgehead atoms. The average molecular weight is 479 g/mol. The first-order chi connectivity index (χ1) is 17.6. The van der Waals surface area contributed by atoms with Crippen LogP contribution in [0, 0.1) is 0 Å². The van der Waals surface area contributed by atoms with Crippen LogP contribution in [0.1, 0.15) is 21.5 Å². The number of ether oxygens (including phenoxy) is 2.